The maximum Gasteiger partial charge on any atom is 0.163 e. The van der Waals surface area contributed by atoms with E-state index in [1.807, 2.05) is 6.92 Å². The van der Waals surface area contributed by atoms with Gasteiger partial charge >= 0.3 is 0 Å². The van der Waals surface area contributed by atoms with Crippen LogP contribution in [0.1, 0.15) is 18.1 Å². The van der Waals surface area contributed by atoms with Crippen LogP contribution in [0.15, 0.2) is 24.3 Å². The van der Waals surface area contributed by atoms with Crippen molar-refractivity contribution in [1.82, 2.24) is 0 Å². The third-order valence-corrected chi connectivity index (χ3v) is 4.48. The Labute approximate surface area is 101 Å². The van der Waals surface area contributed by atoms with E-state index in [-0.39, 0.29) is 22.3 Å². The number of Topliss-reactive ketones (excluding diaryl/α,β-unsaturated/α-hetero) is 1. The first-order chi connectivity index (χ1) is 7.58. The minimum atomic E-state index is -0.291. The lowest BCUT2D eigenvalue weighted by molar-refractivity contribution is -0.118. The Balaban J connectivity index is 2.09. The summed E-state index contributed by atoms with van der Waals surface area (Å²) in [6, 6.07) is 8.12. The van der Waals surface area contributed by atoms with Crippen LogP contribution in [0.25, 0.3) is 0 Å². The van der Waals surface area contributed by atoms with Gasteiger partial charge in [-0.1, -0.05) is 29.8 Å². The molecule has 3 atom stereocenters. The van der Waals surface area contributed by atoms with E-state index in [2.05, 4.69) is 31.2 Å². The Kier molecular flexibility index (Phi) is 3.36. The fourth-order valence-electron chi connectivity index (χ4n) is 2.11. The van der Waals surface area contributed by atoms with E-state index in [1.165, 1.54) is 11.1 Å². The summed E-state index contributed by atoms with van der Waals surface area (Å²) >= 11 is 1.71. The number of carbonyl (C=O) groups is 1. The van der Waals surface area contributed by atoms with E-state index in [9.17, 15) is 4.79 Å². The van der Waals surface area contributed by atoms with Gasteiger partial charge in [-0.25, -0.2) is 0 Å². The van der Waals surface area contributed by atoms with Crippen LogP contribution < -0.4 is 5.73 Å². The monoisotopic (exact) mass is 235 g/mol. The Hall–Kier alpha value is -0.800. The number of aryl methyl sites for hydroxylation is 1. The van der Waals surface area contributed by atoms with Crippen molar-refractivity contribution in [2.45, 2.75) is 36.8 Å². The summed E-state index contributed by atoms with van der Waals surface area (Å²) < 4.78 is 0. The molecule has 0 aromatic heterocycles. The number of thioether (sulfide) groups is 1. The molecule has 1 aliphatic rings. The minimum absolute atomic E-state index is 0.0600. The standard InChI is InChI=1S/C13H17NOS/c1-8-4-3-5-10(6-8)7-11-12(14)13(15)9(2)16-11/h3-6,9,11-12H,7,14H2,1-2H3. The molecule has 1 heterocycles. The summed E-state index contributed by atoms with van der Waals surface area (Å²) in [7, 11) is 0. The molecule has 1 fully saturated rings. The summed E-state index contributed by atoms with van der Waals surface area (Å²) in [6.07, 6.45) is 0.892. The van der Waals surface area contributed by atoms with E-state index >= 15 is 0 Å². The molecule has 0 amide bonds. The van der Waals surface area contributed by atoms with Gasteiger partial charge in [0, 0.05) is 5.25 Å². The van der Waals surface area contributed by atoms with Gasteiger partial charge in [-0.3, -0.25) is 4.79 Å². The third-order valence-electron chi connectivity index (χ3n) is 3.03. The second-order valence-corrected chi connectivity index (χ2v) is 6.02. The summed E-state index contributed by atoms with van der Waals surface area (Å²) in [6.45, 7) is 4.03. The molecule has 1 aliphatic heterocycles. The highest BCUT2D eigenvalue weighted by atomic mass is 32.2. The van der Waals surface area contributed by atoms with Crippen LogP contribution in [0.5, 0.6) is 0 Å². The van der Waals surface area contributed by atoms with Crippen molar-refractivity contribution in [1.29, 1.82) is 0 Å². The highest BCUT2D eigenvalue weighted by Gasteiger charge is 2.37. The molecule has 2 rings (SSSR count). The molecule has 3 heteroatoms. The van der Waals surface area contributed by atoms with Crippen LogP contribution in [0.3, 0.4) is 0 Å². The summed E-state index contributed by atoms with van der Waals surface area (Å²) in [5.74, 6) is 0.197. The predicted octanol–water partition coefficient (Wildman–Crippen LogP) is 1.94. The smallest absolute Gasteiger partial charge is 0.163 e. The Morgan fingerprint density at radius 1 is 1.44 bits per heavy atom. The number of carbonyl (C=O) groups excluding carboxylic acids is 1. The van der Waals surface area contributed by atoms with Crippen LogP contribution in [0.4, 0.5) is 0 Å². The van der Waals surface area contributed by atoms with Gasteiger partial charge in [0.1, 0.15) is 0 Å². The lowest BCUT2D eigenvalue weighted by atomic mass is 10.0. The second-order valence-electron chi connectivity index (χ2n) is 4.44. The fraction of sp³-hybridized carbons (Fsp3) is 0.462. The van der Waals surface area contributed by atoms with Crippen LogP contribution in [-0.2, 0) is 11.2 Å². The van der Waals surface area contributed by atoms with Gasteiger partial charge in [-0.15, -0.1) is 11.8 Å². The first-order valence-corrected chi connectivity index (χ1v) is 6.52. The van der Waals surface area contributed by atoms with Crippen molar-refractivity contribution in [2.75, 3.05) is 0 Å². The largest absolute Gasteiger partial charge is 0.321 e. The molecule has 3 unspecified atom stereocenters. The van der Waals surface area contributed by atoms with Crippen LogP contribution in [-0.4, -0.2) is 22.3 Å². The number of ketones is 1. The van der Waals surface area contributed by atoms with Gasteiger partial charge < -0.3 is 5.73 Å². The van der Waals surface area contributed by atoms with Crippen molar-refractivity contribution in [3.63, 3.8) is 0 Å². The zero-order chi connectivity index (χ0) is 11.7. The fourth-order valence-corrected chi connectivity index (χ4v) is 3.52. The van der Waals surface area contributed by atoms with E-state index in [0.717, 1.165) is 6.42 Å². The predicted molar refractivity (Wildman–Crippen MR) is 68.7 cm³/mol. The summed E-state index contributed by atoms with van der Waals surface area (Å²) in [5.41, 5.74) is 8.46. The number of rotatable bonds is 2. The van der Waals surface area contributed by atoms with Crippen LogP contribution in [0, 0.1) is 6.92 Å². The summed E-state index contributed by atoms with van der Waals surface area (Å²) in [5, 5.41) is 0.300. The molecule has 2 N–H and O–H groups in total. The molecule has 16 heavy (non-hydrogen) atoms. The van der Waals surface area contributed by atoms with Crippen molar-refractivity contribution >= 4 is 17.5 Å². The van der Waals surface area contributed by atoms with Crippen LogP contribution in [0.2, 0.25) is 0 Å². The maximum absolute atomic E-state index is 11.6. The number of hydrogen-bond acceptors (Lipinski definition) is 3. The Morgan fingerprint density at radius 2 is 2.19 bits per heavy atom. The van der Waals surface area contributed by atoms with Gasteiger partial charge in [0.25, 0.3) is 0 Å². The van der Waals surface area contributed by atoms with Crippen molar-refractivity contribution < 1.29 is 4.79 Å². The number of benzene rings is 1. The lowest BCUT2D eigenvalue weighted by Crippen LogP contribution is -2.37. The molecule has 0 saturated carbocycles. The lowest BCUT2D eigenvalue weighted by Gasteiger charge is -2.13. The molecule has 0 bridgehead atoms. The number of nitrogens with two attached hydrogens (primary N) is 1. The molecule has 0 radical (unpaired) electrons. The van der Waals surface area contributed by atoms with Gasteiger partial charge in [0.2, 0.25) is 0 Å². The van der Waals surface area contributed by atoms with Gasteiger partial charge in [-0.2, -0.15) is 0 Å². The van der Waals surface area contributed by atoms with E-state index in [0.29, 0.717) is 0 Å². The third kappa shape index (κ3) is 2.30. The van der Waals surface area contributed by atoms with E-state index in [4.69, 9.17) is 5.73 Å². The topological polar surface area (TPSA) is 43.1 Å². The van der Waals surface area contributed by atoms with Crippen molar-refractivity contribution in [3.05, 3.63) is 35.4 Å². The van der Waals surface area contributed by atoms with Crippen molar-refractivity contribution in [2.24, 2.45) is 5.73 Å². The highest BCUT2D eigenvalue weighted by molar-refractivity contribution is 8.01. The molecule has 2 nitrogen and oxygen atoms in total. The van der Waals surface area contributed by atoms with Gasteiger partial charge in [0.15, 0.2) is 5.78 Å². The molecular weight excluding hydrogens is 218 g/mol. The minimum Gasteiger partial charge on any atom is -0.321 e. The highest BCUT2D eigenvalue weighted by Crippen LogP contribution is 2.32. The molecule has 1 saturated heterocycles. The molecule has 86 valence electrons. The normalized spacial score (nSPS) is 29.7. The quantitative estimate of drug-likeness (QED) is 0.852. The number of hydrogen-bond donors (Lipinski definition) is 1. The Bertz CT molecular complexity index is 405. The molecule has 1 aromatic rings. The summed E-state index contributed by atoms with van der Waals surface area (Å²) in [4.78, 5) is 11.6. The average molecular weight is 235 g/mol. The maximum atomic E-state index is 11.6. The van der Waals surface area contributed by atoms with Gasteiger partial charge in [0.05, 0.1) is 11.3 Å². The zero-order valence-corrected chi connectivity index (χ0v) is 10.5. The van der Waals surface area contributed by atoms with E-state index < -0.39 is 0 Å². The molecular formula is C13H17NOS. The zero-order valence-electron chi connectivity index (χ0n) is 9.64. The first-order valence-electron chi connectivity index (χ1n) is 5.58. The molecule has 0 aliphatic carbocycles. The van der Waals surface area contributed by atoms with Crippen LogP contribution >= 0.6 is 11.8 Å². The van der Waals surface area contributed by atoms with Gasteiger partial charge in [-0.05, 0) is 25.8 Å². The average Bonchev–Trinajstić information content (AvgIpc) is 2.47. The second kappa shape index (κ2) is 4.60. The first kappa shape index (κ1) is 11.7. The SMILES string of the molecule is Cc1cccc(CC2SC(C)C(=O)C2N)c1. The molecule has 0 spiro atoms. The van der Waals surface area contributed by atoms with E-state index in [1.54, 1.807) is 11.8 Å². The molecule has 1 aromatic carbocycles. The Morgan fingerprint density at radius 3 is 2.75 bits per heavy atom. The van der Waals surface area contributed by atoms with Crippen molar-refractivity contribution in [3.8, 4) is 0 Å².